The minimum absolute atomic E-state index is 0.398. The van der Waals surface area contributed by atoms with Gasteiger partial charge < -0.3 is 15.3 Å². The number of aliphatic hydroxyl groups excluding tert-OH is 2. The molecule has 0 aliphatic heterocycles. The second kappa shape index (κ2) is 11.9. The Morgan fingerprint density at radius 1 is 1.12 bits per heavy atom. The highest BCUT2D eigenvalue weighted by atomic mass is 16.3. The predicted octanol–water partition coefficient (Wildman–Crippen LogP) is 7.27. The number of hydrogen-bond acceptors (Lipinski definition) is 3. The van der Waals surface area contributed by atoms with Crippen LogP contribution in [0.25, 0.3) is 0 Å². The summed E-state index contributed by atoms with van der Waals surface area (Å²) < 4.78 is 0. The molecule has 3 N–H and O–H groups in total. The summed E-state index contributed by atoms with van der Waals surface area (Å²) in [6.45, 7) is 13.3. The average Bonchev–Trinajstić information content (AvgIpc) is 3.17. The van der Waals surface area contributed by atoms with Gasteiger partial charge in [-0.05, 0) is 92.1 Å². The summed E-state index contributed by atoms with van der Waals surface area (Å²) >= 11 is 0. The summed E-state index contributed by atoms with van der Waals surface area (Å²) in [7, 11) is 0. The molecule has 3 saturated carbocycles. The molecule has 0 saturated heterocycles. The van der Waals surface area contributed by atoms with E-state index < -0.39 is 17.8 Å². The van der Waals surface area contributed by atoms with Crippen LogP contribution in [-0.4, -0.2) is 33.1 Å². The maximum atomic E-state index is 10.5. The Kier molecular flexibility index (Phi) is 9.68. The lowest BCUT2D eigenvalue weighted by atomic mass is 9.60. The van der Waals surface area contributed by atoms with E-state index in [0.29, 0.717) is 24.2 Å². The van der Waals surface area contributed by atoms with Gasteiger partial charge in [-0.3, -0.25) is 0 Å². The molecule has 3 aliphatic carbocycles. The first-order valence-electron chi connectivity index (χ1n) is 14.3. The lowest BCUT2D eigenvalue weighted by molar-refractivity contribution is 0.0209. The van der Waals surface area contributed by atoms with Crippen molar-refractivity contribution >= 4 is 0 Å². The largest absolute Gasteiger partial charge is 0.393 e. The molecule has 0 radical (unpaired) electrons. The van der Waals surface area contributed by atoms with E-state index in [1.165, 1.54) is 51.4 Å². The Labute approximate surface area is 209 Å². The SMILES string of the molecule is C=C1/C(=C/C=C2\CCC[C@]3(C)[C@@H]([C@H](C)CCCCCC(O)(CC)CC)CC[C@@H]23)C[C@@H](O)C[C@@H]1O. The van der Waals surface area contributed by atoms with Crippen LogP contribution in [0.5, 0.6) is 0 Å². The van der Waals surface area contributed by atoms with Crippen LogP contribution in [-0.2, 0) is 0 Å². The zero-order valence-corrected chi connectivity index (χ0v) is 22.5. The molecule has 0 heterocycles. The molecular weight excluding hydrogens is 420 g/mol. The molecule has 0 unspecified atom stereocenters. The van der Waals surface area contributed by atoms with E-state index in [2.05, 4.69) is 46.4 Å². The Hall–Kier alpha value is -0.900. The van der Waals surface area contributed by atoms with Crippen molar-refractivity contribution in [3.05, 3.63) is 35.5 Å². The highest BCUT2D eigenvalue weighted by molar-refractivity contribution is 5.38. The first-order valence-corrected chi connectivity index (χ1v) is 14.3. The van der Waals surface area contributed by atoms with Crippen LogP contribution >= 0.6 is 0 Å². The van der Waals surface area contributed by atoms with Crippen molar-refractivity contribution < 1.29 is 15.3 Å². The topological polar surface area (TPSA) is 60.7 Å². The van der Waals surface area contributed by atoms with Crippen LogP contribution in [0.3, 0.4) is 0 Å². The number of aliphatic hydroxyl groups is 3. The molecule has 0 aromatic heterocycles. The Morgan fingerprint density at radius 2 is 1.85 bits per heavy atom. The number of rotatable bonds is 10. The fourth-order valence-corrected chi connectivity index (χ4v) is 7.58. The smallest absolute Gasteiger partial charge is 0.0811 e. The highest BCUT2D eigenvalue weighted by Crippen LogP contribution is 2.60. The summed E-state index contributed by atoms with van der Waals surface area (Å²) in [4.78, 5) is 0. The molecule has 3 heteroatoms. The summed E-state index contributed by atoms with van der Waals surface area (Å²) in [5.41, 5.74) is 3.34. The summed E-state index contributed by atoms with van der Waals surface area (Å²) in [6.07, 6.45) is 18.5. The Balaban J connectivity index is 1.58. The fraction of sp³-hybridized carbons (Fsp3) is 0.806. The monoisotopic (exact) mass is 472 g/mol. The molecule has 194 valence electrons. The second-order valence-corrected chi connectivity index (χ2v) is 12.2. The number of fused-ring (bicyclic) bond motifs is 1. The lowest BCUT2D eigenvalue weighted by Crippen LogP contribution is -2.36. The minimum atomic E-state index is -0.612. The van der Waals surface area contributed by atoms with Gasteiger partial charge in [0.2, 0.25) is 0 Å². The number of allylic oxidation sites excluding steroid dienone is 3. The molecule has 3 nitrogen and oxygen atoms in total. The van der Waals surface area contributed by atoms with Crippen molar-refractivity contribution in [2.75, 3.05) is 0 Å². The third-order valence-corrected chi connectivity index (χ3v) is 10.1. The van der Waals surface area contributed by atoms with Crippen molar-refractivity contribution in [3.8, 4) is 0 Å². The first kappa shape index (κ1) is 27.7. The van der Waals surface area contributed by atoms with Gasteiger partial charge >= 0.3 is 0 Å². The van der Waals surface area contributed by atoms with Crippen molar-refractivity contribution in [2.45, 2.75) is 135 Å². The quantitative estimate of drug-likeness (QED) is 0.293. The van der Waals surface area contributed by atoms with E-state index in [0.717, 1.165) is 48.7 Å². The lowest BCUT2D eigenvalue weighted by Gasteiger charge is -2.44. The van der Waals surface area contributed by atoms with Gasteiger partial charge in [0.05, 0.1) is 17.8 Å². The van der Waals surface area contributed by atoms with Gasteiger partial charge in [-0.2, -0.15) is 0 Å². The molecule has 0 bridgehead atoms. The summed E-state index contributed by atoms with van der Waals surface area (Å²) in [6, 6.07) is 0. The van der Waals surface area contributed by atoms with Gasteiger partial charge in [0, 0.05) is 6.42 Å². The molecule has 6 atom stereocenters. The van der Waals surface area contributed by atoms with E-state index in [-0.39, 0.29) is 0 Å². The van der Waals surface area contributed by atoms with E-state index in [9.17, 15) is 15.3 Å². The van der Waals surface area contributed by atoms with Crippen molar-refractivity contribution in [2.24, 2.45) is 23.2 Å². The zero-order chi connectivity index (χ0) is 24.9. The molecular formula is C31H52O3. The minimum Gasteiger partial charge on any atom is -0.393 e. The van der Waals surface area contributed by atoms with E-state index in [4.69, 9.17) is 0 Å². The third kappa shape index (κ3) is 6.26. The first-order chi connectivity index (χ1) is 16.1. The zero-order valence-electron chi connectivity index (χ0n) is 22.5. The molecule has 0 aromatic rings. The van der Waals surface area contributed by atoms with Crippen LogP contribution < -0.4 is 0 Å². The highest BCUT2D eigenvalue weighted by Gasteiger charge is 2.50. The van der Waals surface area contributed by atoms with Crippen LogP contribution in [0.15, 0.2) is 35.5 Å². The van der Waals surface area contributed by atoms with Crippen molar-refractivity contribution in [3.63, 3.8) is 0 Å². The van der Waals surface area contributed by atoms with Gasteiger partial charge in [0.25, 0.3) is 0 Å². The maximum Gasteiger partial charge on any atom is 0.0811 e. The van der Waals surface area contributed by atoms with Crippen LogP contribution in [0.1, 0.15) is 118 Å². The Morgan fingerprint density at radius 3 is 2.56 bits per heavy atom. The average molecular weight is 473 g/mol. The van der Waals surface area contributed by atoms with Crippen LogP contribution in [0.4, 0.5) is 0 Å². The fourth-order valence-electron chi connectivity index (χ4n) is 7.58. The van der Waals surface area contributed by atoms with Gasteiger partial charge in [-0.1, -0.05) is 77.7 Å². The number of unbranched alkanes of at least 4 members (excludes halogenated alkanes) is 2. The van der Waals surface area contributed by atoms with Crippen molar-refractivity contribution in [1.82, 2.24) is 0 Å². The van der Waals surface area contributed by atoms with Gasteiger partial charge in [0.1, 0.15) is 0 Å². The van der Waals surface area contributed by atoms with Gasteiger partial charge in [-0.15, -0.1) is 0 Å². The molecule has 0 amide bonds. The molecule has 3 rings (SSSR count). The molecule has 3 fully saturated rings. The predicted molar refractivity (Wildman–Crippen MR) is 143 cm³/mol. The van der Waals surface area contributed by atoms with E-state index >= 15 is 0 Å². The summed E-state index contributed by atoms with van der Waals surface area (Å²) in [5, 5.41) is 30.8. The standard InChI is InChI=1S/C31H52O3/c1-6-31(34,7-2)19-10-8-9-12-22(3)27-16-17-28-24(13-11-18-30(27,28)5)14-15-25-20-26(32)21-29(33)23(25)4/h14-15,22,26-29,32-34H,4,6-13,16-21H2,1-3,5H3/b24-14+,25-15+/t22-,26-,27-,28+,29+,30-/m1/s1. The molecule has 0 aromatic carbocycles. The number of hydrogen-bond donors (Lipinski definition) is 3. The summed E-state index contributed by atoms with van der Waals surface area (Å²) in [5.74, 6) is 2.22. The maximum absolute atomic E-state index is 10.5. The molecule has 0 spiro atoms. The van der Waals surface area contributed by atoms with E-state index in [1.54, 1.807) is 5.57 Å². The van der Waals surface area contributed by atoms with Gasteiger partial charge in [0.15, 0.2) is 0 Å². The normalized spacial score (nSPS) is 35.7. The molecule has 3 aliphatic rings. The second-order valence-electron chi connectivity index (χ2n) is 12.2. The third-order valence-electron chi connectivity index (χ3n) is 10.1. The molecule has 34 heavy (non-hydrogen) atoms. The van der Waals surface area contributed by atoms with Crippen LogP contribution in [0.2, 0.25) is 0 Å². The van der Waals surface area contributed by atoms with Crippen LogP contribution in [0, 0.1) is 23.2 Å². The van der Waals surface area contributed by atoms with Gasteiger partial charge in [-0.25, -0.2) is 0 Å². The Bertz CT molecular complexity index is 746. The van der Waals surface area contributed by atoms with E-state index in [1.807, 2.05) is 0 Å². The van der Waals surface area contributed by atoms with Crippen molar-refractivity contribution in [1.29, 1.82) is 0 Å².